The van der Waals surface area contributed by atoms with Gasteiger partial charge in [-0.15, -0.1) is 11.6 Å². The largest absolute Gasteiger partial charge is 0.351 e. The number of rotatable bonds is 6. The van der Waals surface area contributed by atoms with Gasteiger partial charge in [-0.25, -0.2) is 4.98 Å². The van der Waals surface area contributed by atoms with E-state index in [2.05, 4.69) is 17.2 Å². The summed E-state index contributed by atoms with van der Waals surface area (Å²) in [6.07, 6.45) is 5.17. The van der Waals surface area contributed by atoms with Crippen molar-refractivity contribution in [1.29, 1.82) is 0 Å². The minimum atomic E-state index is -0.0708. The quantitative estimate of drug-likeness (QED) is 0.612. The summed E-state index contributed by atoms with van der Waals surface area (Å²) >= 11 is 5.70. The van der Waals surface area contributed by atoms with Gasteiger partial charge in [0.25, 0.3) is 5.91 Å². The number of halogens is 1. The van der Waals surface area contributed by atoms with E-state index in [1.54, 1.807) is 24.1 Å². The Hall–Kier alpha value is -1.03. The number of nitrogens with one attached hydrogen (secondary N) is 1. The first kappa shape index (κ1) is 13.0. The first-order valence-electron chi connectivity index (χ1n) is 5.45. The molecule has 1 aromatic heterocycles. The van der Waals surface area contributed by atoms with E-state index < -0.39 is 0 Å². The highest BCUT2D eigenvalue weighted by atomic mass is 35.5. The van der Waals surface area contributed by atoms with Crippen LogP contribution < -0.4 is 5.32 Å². The van der Waals surface area contributed by atoms with E-state index in [4.69, 9.17) is 11.6 Å². The second-order valence-electron chi connectivity index (χ2n) is 4.05. The molecule has 1 N–H and O–H groups in total. The molecular formula is C11H18ClN3O. The third-order valence-corrected chi connectivity index (χ3v) is 3.00. The van der Waals surface area contributed by atoms with Gasteiger partial charge < -0.3 is 9.88 Å². The van der Waals surface area contributed by atoms with Gasteiger partial charge in [-0.3, -0.25) is 4.79 Å². The number of aromatic nitrogens is 2. The topological polar surface area (TPSA) is 46.9 Å². The lowest BCUT2D eigenvalue weighted by molar-refractivity contribution is 0.0944. The molecule has 0 aliphatic heterocycles. The van der Waals surface area contributed by atoms with Crippen molar-refractivity contribution in [2.24, 2.45) is 13.0 Å². The van der Waals surface area contributed by atoms with Crippen LogP contribution in [0.25, 0.3) is 0 Å². The Morgan fingerprint density at radius 1 is 1.69 bits per heavy atom. The molecule has 0 bridgehead atoms. The molecule has 1 atom stereocenters. The fourth-order valence-electron chi connectivity index (χ4n) is 1.40. The van der Waals surface area contributed by atoms with Crippen LogP contribution in [0.3, 0.4) is 0 Å². The van der Waals surface area contributed by atoms with Crippen LogP contribution in [0, 0.1) is 5.92 Å². The normalized spacial score (nSPS) is 12.4. The minimum absolute atomic E-state index is 0.0708. The third kappa shape index (κ3) is 3.85. The summed E-state index contributed by atoms with van der Waals surface area (Å²) in [5.74, 6) is 1.11. The first-order chi connectivity index (χ1) is 7.65. The highest BCUT2D eigenvalue weighted by Gasteiger charge is 2.08. The van der Waals surface area contributed by atoms with E-state index in [1.807, 2.05) is 0 Å². The molecule has 1 aromatic rings. The second-order valence-corrected chi connectivity index (χ2v) is 4.36. The van der Waals surface area contributed by atoms with Gasteiger partial charge in [0.15, 0.2) is 0 Å². The Morgan fingerprint density at radius 3 is 3.00 bits per heavy atom. The second kappa shape index (κ2) is 6.53. The monoisotopic (exact) mass is 243 g/mol. The van der Waals surface area contributed by atoms with Crippen LogP contribution in [0.15, 0.2) is 12.5 Å². The molecule has 4 nitrogen and oxygen atoms in total. The van der Waals surface area contributed by atoms with Gasteiger partial charge >= 0.3 is 0 Å². The van der Waals surface area contributed by atoms with Gasteiger partial charge in [-0.2, -0.15) is 0 Å². The molecule has 0 aliphatic rings. The van der Waals surface area contributed by atoms with Gasteiger partial charge in [0, 0.05) is 19.5 Å². The average molecular weight is 244 g/mol. The van der Waals surface area contributed by atoms with Gasteiger partial charge in [0.1, 0.15) is 5.69 Å². The van der Waals surface area contributed by atoms with Crippen molar-refractivity contribution in [2.75, 3.05) is 12.4 Å². The van der Waals surface area contributed by atoms with Crippen molar-refractivity contribution < 1.29 is 4.79 Å². The molecule has 1 unspecified atom stereocenters. The summed E-state index contributed by atoms with van der Waals surface area (Å²) in [6, 6.07) is 0. The number of amides is 1. The number of carbonyl (C=O) groups excluding carboxylic acids is 1. The number of aryl methyl sites for hydroxylation is 1. The Bertz CT molecular complexity index is 338. The molecule has 0 radical (unpaired) electrons. The molecule has 0 aromatic carbocycles. The molecule has 0 fully saturated rings. The lowest BCUT2D eigenvalue weighted by atomic mass is 10.1. The maximum atomic E-state index is 11.6. The predicted molar refractivity (Wildman–Crippen MR) is 64.7 cm³/mol. The van der Waals surface area contributed by atoms with Gasteiger partial charge in [-0.05, 0) is 18.8 Å². The molecular weight excluding hydrogens is 226 g/mol. The summed E-state index contributed by atoms with van der Waals surface area (Å²) in [5, 5.41) is 2.86. The van der Waals surface area contributed by atoms with Crippen LogP contribution >= 0.6 is 11.6 Å². The summed E-state index contributed by atoms with van der Waals surface area (Å²) in [6.45, 7) is 2.79. The van der Waals surface area contributed by atoms with E-state index in [0.717, 1.165) is 12.8 Å². The van der Waals surface area contributed by atoms with Crippen LogP contribution in [0.4, 0.5) is 0 Å². The summed E-state index contributed by atoms with van der Waals surface area (Å²) in [7, 11) is 1.80. The Kier molecular flexibility index (Phi) is 5.32. The highest BCUT2D eigenvalue weighted by molar-refractivity contribution is 6.18. The average Bonchev–Trinajstić information content (AvgIpc) is 2.70. The van der Waals surface area contributed by atoms with Crippen molar-refractivity contribution in [1.82, 2.24) is 14.9 Å². The van der Waals surface area contributed by atoms with Crippen molar-refractivity contribution >= 4 is 17.5 Å². The molecule has 16 heavy (non-hydrogen) atoms. The summed E-state index contributed by atoms with van der Waals surface area (Å²) in [4.78, 5) is 15.5. The van der Waals surface area contributed by atoms with Gasteiger partial charge in [0.2, 0.25) is 0 Å². The SMILES string of the molecule is CC(CCl)CCCNC(=O)c1cncn1C. The van der Waals surface area contributed by atoms with E-state index in [9.17, 15) is 4.79 Å². The Balaban J connectivity index is 2.24. The molecule has 0 saturated carbocycles. The van der Waals surface area contributed by atoms with E-state index in [1.165, 1.54) is 0 Å². The smallest absolute Gasteiger partial charge is 0.269 e. The molecule has 1 heterocycles. The maximum absolute atomic E-state index is 11.6. The van der Waals surface area contributed by atoms with Crippen LogP contribution in [0.5, 0.6) is 0 Å². The van der Waals surface area contributed by atoms with Crippen molar-refractivity contribution in [3.63, 3.8) is 0 Å². The zero-order chi connectivity index (χ0) is 12.0. The van der Waals surface area contributed by atoms with E-state index in [-0.39, 0.29) is 5.91 Å². The summed E-state index contributed by atoms with van der Waals surface area (Å²) in [5.41, 5.74) is 0.588. The Morgan fingerprint density at radius 2 is 2.44 bits per heavy atom. The molecule has 0 saturated heterocycles. The molecule has 5 heteroatoms. The number of hydrogen-bond donors (Lipinski definition) is 1. The molecule has 1 rings (SSSR count). The van der Waals surface area contributed by atoms with Crippen LogP contribution in [0.2, 0.25) is 0 Å². The van der Waals surface area contributed by atoms with Crippen molar-refractivity contribution in [3.05, 3.63) is 18.2 Å². The first-order valence-corrected chi connectivity index (χ1v) is 5.99. The summed E-state index contributed by atoms with van der Waals surface area (Å²) < 4.78 is 1.71. The van der Waals surface area contributed by atoms with E-state index >= 15 is 0 Å². The van der Waals surface area contributed by atoms with Crippen LogP contribution in [0.1, 0.15) is 30.3 Å². The fourth-order valence-corrected chi connectivity index (χ4v) is 1.55. The fraction of sp³-hybridized carbons (Fsp3) is 0.636. The standard InChI is InChI=1S/C11H18ClN3O/c1-9(6-12)4-3-5-14-11(16)10-7-13-8-15(10)2/h7-9H,3-6H2,1-2H3,(H,14,16). The lowest BCUT2D eigenvalue weighted by Crippen LogP contribution is -2.26. The third-order valence-electron chi connectivity index (χ3n) is 2.47. The Labute approximate surface area is 101 Å². The van der Waals surface area contributed by atoms with Gasteiger partial charge in [0.05, 0.1) is 12.5 Å². The molecule has 0 aliphatic carbocycles. The number of imidazole rings is 1. The van der Waals surface area contributed by atoms with Crippen molar-refractivity contribution in [3.8, 4) is 0 Å². The number of nitrogens with zero attached hydrogens (tertiary/aromatic N) is 2. The number of carbonyl (C=O) groups is 1. The zero-order valence-corrected chi connectivity index (χ0v) is 10.5. The highest BCUT2D eigenvalue weighted by Crippen LogP contribution is 2.06. The van der Waals surface area contributed by atoms with Gasteiger partial charge in [-0.1, -0.05) is 6.92 Å². The molecule has 90 valence electrons. The molecule has 0 spiro atoms. The molecule has 1 amide bonds. The lowest BCUT2D eigenvalue weighted by Gasteiger charge is -2.08. The predicted octanol–water partition coefficient (Wildman–Crippen LogP) is 1.80. The minimum Gasteiger partial charge on any atom is -0.351 e. The zero-order valence-electron chi connectivity index (χ0n) is 9.74. The number of alkyl halides is 1. The number of hydrogen-bond acceptors (Lipinski definition) is 2. The maximum Gasteiger partial charge on any atom is 0.269 e. The van der Waals surface area contributed by atoms with E-state index in [0.29, 0.717) is 24.0 Å². The van der Waals surface area contributed by atoms with Crippen molar-refractivity contribution in [2.45, 2.75) is 19.8 Å². The van der Waals surface area contributed by atoms with Crippen LogP contribution in [-0.4, -0.2) is 27.9 Å². The van der Waals surface area contributed by atoms with Crippen LogP contribution in [-0.2, 0) is 7.05 Å².